The summed E-state index contributed by atoms with van der Waals surface area (Å²) in [6.45, 7) is 0.862. The average molecular weight is 505 g/mol. The molecule has 6 nitrogen and oxygen atoms in total. The van der Waals surface area contributed by atoms with Gasteiger partial charge in [0.1, 0.15) is 17.4 Å². The Morgan fingerprint density at radius 3 is 2.50 bits per heavy atom. The van der Waals surface area contributed by atoms with Crippen LogP contribution in [0.5, 0.6) is 5.75 Å². The molecule has 1 fully saturated rings. The zero-order chi connectivity index (χ0) is 25.9. The molecule has 1 N–H and O–H groups in total. The maximum absolute atomic E-state index is 13.9. The van der Waals surface area contributed by atoms with Crippen LogP contribution in [0, 0.1) is 11.6 Å². The van der Waals surface area contributed by atoms with E-state index < -0.39 is 23.9 Å². The van der Waals surface area contributed by atoms with Gasteiger partial charge in [0.2, 0.25) is 0 Å². The fourth-order valence-corrected chi connectivity index (χ4v) is 3.85. The standard InChI is InChI=1S/C25H20F5N3O3/c26-17-8-9-21(22(27)13-17)23(34)31-18-5-2-6-19(14-18)33-11-3-10-32(24(33)35)15-16-4-1-7-20(12-16)36-25(28,29)30/h1-2,4-9,12-14H,3,10-11,15H2,(H,31,34). The largest absolute Gasteiger partial charge is 0.573 e. The minimum atomic E-state index is -4.82. The van der Waals surface area contributed by atoms with E-state index in [-0.39, 0.29) is 23.9 Å². The Kier molecular flexibility index (Phi) is 7.09. The topological polar surface area (TPSA) is 61.9 Å². The number of nitrogens with one attached hydrogen (secondary N) is 1. The molecule has 0 saturated carbocycles. The molecule has 11 heteroatoms. The number of alkyl halides is 3. The summed E-state index contributed by atoms with van der Waals surface area (Å²) in [5, 5.41) is 2.53. The molecule has 3 aromatic carbocycles. The van der Waals surface area contributed by atoms with Gasteiger partial charge in [0.15, 0.2) is 0 Å². The SMILES string of the molecule is O=C(Nc1cccc(N2CCCN(Cc3cccc(OC(F)(F)F)c3)C2=O)c1)c1ccc(F)cc1F. The first kappa shape index (κ1) is 25.0. The molecule has 188 valence electrons. The quantitative estimate of drug-likeness (QED) is 0.422. The fourth-order valence-electron chi connectivity index (χ4n) is 3.85. The summed E-state index contributed by atoms with van der Waals surface area (Å²) in [4.78, 5) is 28.5. The zero-order valence-corrected chi connectivity index (χ0v) is 18.7. The number of nitrogens with zero attached hydrogens (tertiary/aromatic N) is 2. The summed E-state index contributed by atoms with van der Waals surface area (Å²) in [5.41, 5.74) is 0.896. The number of ether oxygens (including phenoxy) is 1. The van der Waals surface area contributed by atoms with Crippen molar-refractivity contribution in [3.8, 4) is 5.75 Å². The number of halogens is 5. The van der Waals surface area contributed by atoms with E-state index in [0.29, 0.717) is 42.5 Å². The normalized spacial score (nSPS) is 14.1. The fraction of sp³-hybridized carbons (Fsp3) is 0.200. The summed E-state index contributed by atoms with van der Waals surface area (Å²) in [5.74, 6) is -2.96. The first-order chi connectivity index (χ1) is 17.1. The third-order valence-corrected chi connectivity index (χ3v) is 5.41. The second-order valence-electron chi connectivity index (χ2n) is 8.03. The highest BCUT2D eigenvalue weighted by Gasteiger charge is 2.31. The highest BCUT2D eigenvalue weighted by atomic mass is 19.4. The number of hydrogen-bond acceptors (Lipinski definition) is 3. The molecular formula is C25H20F5N3O3. The number of carbonyl (C=O) groups is 2. The van der Waals surface area contributed by atoms with Crippen molar-refractivity contribution >= 4 is 23.3 Å². The van der Waals surface area contributed by atoms with Gasteiger partial charge in [-0.2, -0.15) is 0 Å². The summed E-state index contributed by atoms with van der Waals surface area (Å²) in [6, 6.07) is 14.0. The van der Waals surface area contributed by atoms with Crippen LogP contribution in [0.25, 0.3) is 0 Å². The molecule has 3 aromatic rings. The van der Waals surface area contributed by atoms with E-state index in [4.69, 9.17) is 0 Å². The van der Waals surface area contributed by atoms with Crippen molar-refractivity contribution in [2.75, 3.05) is 23.3 Å². The Bertz CT molecular complexity index is 1280. The van der Waals surface area contributed by atoms with Crippen molar-refractivity contribution < 1.29 is 36.3 Å². The minimum absolute atomic E-state index is 0.0741. The lowest BCUT2D eigenvalue weighted by Crippen LogP contribution is -2.49. The molecule has 36 heavy (non-hydrogen) atoms. The number of rotatable bonds is 6. The van der Waals surface area contributed by atoms with Crippen molar-refractivity contribution in [3.05, 3.63) is 89.5 Å². The van der Waals surface area contributed by atoms with E-state index in [1.165, 1.54) is 28.0 Å². The van der Waals surface area contributed by atoms with Crippen LogP contribution in [0.4, 0.5) is 38.1 Å². The molecule has 0 bridgehead atoms. The lowest BCUT2D eigenvalue weighted by molar-refractivity contribution is -0.274. The number of carbonyl (C=O) groups excluding carboxylic acids is 2. The van der Waals surface area contributed by atoms with Crippen LogP contribution >= 0.6 is 0 Å². The van der Waals surface area contributed by atoms with Gasteiger partial charge in [-0.05, 0) is 54.4 Å². The monoisotopic (exact) mass is 505 g/mol. The van der Waals surface area contributed by atoms with Gasteiger partial charge < -0.3 is 15.0 Å². The minimum Gasteiger partial charge on any atom is -0.406 e. The van der Waals surface area contributed by atoms with Crippen molar-refractivity contribution in [1.82, 2.24) is 4.90 Å². The molecule has 0 atom stereocenters. The van der Waals surface area contributed by atoms with Crippen LogP contribution in [0.2, 0.25) is 0 Å². The molecule has 3 amide bonds. The van der Waals surface area contributed by atoms with Crippen LogP contribution < -0.4 is 15.0 Å². The molecule has 1 heterocycles. The van der Waals surface area contributed by atoms with E-state index >= 15 is 0 Å². The van der Waals surface area contributed by atoms with E-state index in [0.717, 1.165) is 12.1 Å². The van der Waals surface area contributed by atoms with Crippen LogP contribution in [0.15, 0.2) is 66.7 Å². The molecular weight excluding hydrogens is 485 g/mol. The molecule has 0 aliphatic carbocycles. The summed E-state index contributed by atoms with van der Waals surface area (Å²) >= 11 is 0. The first-order valence-electron chi connectivity index (χ1n) is 10.9. The van der Waals surface area contributed by atoms with Gasteiger partial charge in [-0.25, -0.2) is 13.6 Å². The Hall–Kier alpha value is -4.15. The number of benzene rings is 3. The molecule has 0 unspecified atom stereocenters. The lowest BCUT2D eigenvalue weighted by atomic mass is 10.1. The summed E-state index contributed by atoms with van der Waals surface area (Å²) in [6.07, 6.45) is -4.22. The number of anilines is 2. The molecule has 1 aliphatic rings. The van der Waals surface area contributed by atoms with E-state index in [9.17, 15) is 31.5 Å². The Balaban J connectivity index is 1.46. The van der Waals surface area contributed by atoms with Gasteiger partial charge in [-0.15, -0.1) is 13.2 Å². The van der Waals surface area contributed by atoms with Crippen LogP contribution in [-0.2, 0) is 6.54 Å². The Morgan fingerprint density at radius 1 is 0.972 bits per heavy atom. The van der Waals surface area contributed by atoms with Crippen molar-refractivity contribution in [2.45, 2.75) is 19.3 Å². The predicted molar refractivity (Wildman–Crippen MR) is 122 cm³/mol. The molecule has 1 aliphatic heterocycles. The molecule has 0 radical (unpaired) electrons. The summed E-state index contributed by atoms with van der Waals surface area (Å²) < 4.78 is 68.6. The third-order valence-electron chi connectivity index (χ3n) is 5.41. The second-order valence-corrected chi connectivity index (χ2v) is 8.03. The summed E-state index contributed by atoms with van der Waals surface area (Å²) in [7, 11) is 0. The smallest absolute Gasteiger partial charge is 0.406 e. The number of hydrogen-bond donors (Lipinski definition) is 1. The molecule has 0 aromatic heterocycles. The molecule has 1 saturated heterocycles. The van der Waals surface area contributed by atoms with Gasteiger partial charge >= 0.3 is 12.4 Å². The molecule has 4 rings (SSSR count). The van der Waals surface area contributed by atoms with Crippen LogP contribution in [0.3, 0.4) is 0 Å². The van der Waals surface area contributed by atoms with E-state index in [2.05, 4.69) is 10.1 Å². The van der Waals surface area contributed by atoms with Gasteiger partial charge in [0, 0.05) is 37.1 Å². The Labute approximate surface area is 202 Å². The number of urea groups is 1. The highest BCUT2D eigenvalue weighted by Crippen LogP contribution is 2.27. The third kappa shape index (κ3) is 6.09. The van der Waals surface area contributed by atoms with E-state index in [1.54, 1.807) is 30.3 Å². The lowest BCUT2D eigenvalue weighted by Gasteiger charge is -2.36. The van der Waals surface area contributed by atoms with Gasteiger partial charge in [0.25, 0.3) is 5.91 Å². The van der Waals surface area contributed by atoms with Gasteiger partial charge in [-0.1, -0.05) is 18.2 Å². The first-order valence-corrected chi connectivity index (χ1v) is 10.9. The maximum Gasteiger partial charge on any atom is 0.573 e. The van der Waals surface area contributed by atoms with Crippen LogP contribution in [0.1, 0.15) is 22.3 Å². The van der Waals surface area contributed by atoms with Crippen LogP contribution in [-0.4, -0.2) is 36.3 Å². The highest BCUT2D eigenvalue weighted by molar-refractivity contribution is 6.05. The van der Waals surface area contributed by atoms with Gasteiger partial charge in [0.05, 0.1) is 5.56 Å². The van der Waals surface area contributed by atoms with Crippen molar-refractivity contribution in [2.24, 2.45) is 0 Å². The van der Waals surface area contributed by atoms with Crippen molar-refractivity contribution in [1.29, 1.82) is 0 Å². The average Bonchev–Trinajstić information content (AvgIpc) is 2.79. The zero-order valence-electron chi connectivity index (χ0n) is 18.7. The van der Waals surface area contributed by atoms with E-state index in [1.807, 2.05) is 0 Å². The maximum atomic E-state index is 13.9. The molecule has 0 spiro atoms. The van der Waals surface area contributed by atoms with Crippen molar-refractivity contribution in [3.63, 3.8) is 0 Å². The Morgan fingerprint density at radius 2 is 1.75 bits per heavy atom. The predicted octanol–water partition coefficient (Wildman–Crippen LogP) is 5.95. The van der Waals surface area contributed by atoms with Gasteiger partial charge in [-0.3, -0.25) is 9.69 Å². The number of amides is 3. The second kappa shape index (κ2) is 10.2.